The zero-order valence-electron chi connectivity index (χ0n) is 19.9. The lowest BCUT2D eigenvalue weighted by molar-refractivity contribution is -0.385. The topological polar surface area (TPSA) is 84.5 Å². The molecule has 1 aromatic carbocycles. The van der Waals surface area contributed by atoms with Crippen molar-refractivity contribution in [2.24, 2.45) is 17.3 Å². The molecule has 2 aromatic rings. The Morgan fingerprint density at radius 3 is 2.49 bits per heavy atom. The van der Waals surface area contributed by atoms with Gasteiger partial charge in [0, 0.05) is 43.6 Å². The van der Waals surface area contributed by atoms with E-state index in [4.69, 9.17) is 0 Å². The van der Waals surface area contributed by atoms with E-state index in [0.717, 1.165) is 69.3 Å². The summed E-state index contributed by atoms with van der Waals surface area (Å²) in [6, 6.07) is 8.33. The largest absolute Gasteiger partial charge is 0.340 e. The van der Waals surface area contributed by atoms with Crippen molar-refractivity contribution in [1.29, 1.82) is 0 Å². The highest BCUT2D eigenvalue weighted by Crippen LogP contribution is 2.65. The number of carbonyl (C=O) groups is 1. The van der Waals surface area contributed by atoms with Crippen molar-refractivity contribution in [2.75, 3.05) is 26.2 Å². The Hall–Kier alpha value is -2.26. The van der Waals surface area contributed by atoms with Gasteiger partial charge in [-0.15, -0.1) is 0 Å². The average molecular weight is 542 g/mol. The van der Waals surface area contributed by atoms with Crippen LogP contribution < -0.4 is 0 Å². The Kier molecular flexibility index (Phi) is 5.75. The summed E-state index contributed by atoms with van der Waals surface area (Å²) < 4.78 is 3.03. The third-order valence-corrected chi connectivity index (χ3v) is 9.79. The molecule has 5 aliphatic rings. The second-order valence-corrected chi connectivity index (χ2v) is 12.4. The first-order valence-corrected chi connectivity index (χ1v) is 13.6. The Bertz CT molecular complexity index is 1130. The first-order valence-electron chi connectivity index (χ1n) is 12.8. The zero-order valence-corrected chi connectivity index (χ0v) is 21.5. The van der Waals surface area contributed by atoms with Gasteiger partial charge < -0.3 is 4.90 Å². The number of amides is 1. The number of halogens is 1. The highest BCUT2D eigenvalue weighted by Gasteiger charge is 2.59. The molecule has 9 heteroatoms. The SMILES string of the molecule is O=C(CC12CC3CC(C1)CC(n1cc([N+](=O)[O-])cn1)(C3)C2)N1CCN(Cc2ccccc2Br)CC1. The van der Waals surface area contributed by atoms with Gasteiger partial charge in [0.15, 0.2) is 0 Å². The van der Waals surface area contributed by atoms with Crippen molar-refractivity contribution in [3.05, 3.63) is 56.8 Å². The summed E-state index contributed by atoms with van der Waals surface area (Å²) in [5.41, 5.74) is 1.19. The number of nitro groups is 1. The van der Waals surface area contributed by atoms with Crippen LogP contribution in [0.4, 0.5) is 5.69 Å². The number of carbonyl (C=O) groups excluding carboxylic acids is 1. The van der Waals surface area contributed by atoms with Gasteiger partial charge in [0.05, 0.1) is 10.5 Å². The van der Waals surface area contributed by atoms with Crippen LogP contribution in [-0.4, -0.2) is 56.6 Å². The second kappa shape index (κ2) is 8.69. The highest BCUT2D eigenvalue weighted by molar-refractivity contribution is 9.10. The predicted octanol–water partition coefficient (Wildman–Crippen LogP) is 4.58. The molecule has 35 heavy (non-hydrogen) atoms. The third kappa shape index (κ3) is 4.31. The predicted molar refractivity (Wildman–Crippen MR) is 135 cm³/mol. The zero-order chi connectivity index (χ0) is 24.2. The van der Waals surface area contributed by atoms with E-state index in [1.807, 2.05) is 10.7 Å². The molecule has 5 fully saturated rings. The molecule has 2 unspecified atom stereocenters. The first kappa shape index (κ1) is 23.2. The van der Waals surface area contributed by atoms with E-state index in [2.05, 4.69) is 49.0 Å². The number of hydrogen-bond acceptors (Lipinski definition) is 5. The number of hydrogen-bond donors (Lipinski definition) is 0. The smallest absolute Gasteiger partial charge is 0.307 e. The van der Waals surface area contributed by atoms with Crippen LogP contribution in [0.2, 0.25) is 0 Å². The molecule has 4 bridgehead atoms. The normalized spacial score (nSPS) is 32.2. The summed E-state index contributed by atoms with van der Waals surface area (Å²) in [6.07, 6.45) is 10.0. The monoisotopic (exact) mass is 541 g/mol. The number of aromatic nitrogens is 2. The minimum atomic E-state index is -0.362. The van der Waals surface area contributed by atoms with Crippen molar-refractivity contribution in [1.82, 2.24) is 19.6 Å². The Morgan fingerprint density at radius 2 is 1.83 bits per heavy atom. The molecule has 7 rings (SSSR count). The minimum Gasteiger partial charge on any atom is -0.340 e. The molecule has 2 atom stereocenters. The second-order valence-electron chi connectivity index (χ2n) is 11.5. The molecule has 0 radical (unpaired) electrons. The van der Waals surface area contributed by atoms with E-state index in [-0.39, 0.29) is 27.5 Å². The quantitative estimate of drug-likeness (QED) is 0.394. The van der Waals surface area contributed by atoms with E-state index in [9.17, 15) is 14.9 Å². The molecule has 186 valence electrons. The van der Waals surface area contributed by atoms with Gasteiger partial charge in [0.1, 0.15) is 12.4 Å². The highest BCUT2D eigenvalue weighted by atomic mass is 79.9. The molecule has 0 N–H and O–H groups in total. The van der Waals surface area contributed by atoms with Crippen LogP contribution in [0.5, 0.6) is 0 Å². The fourth-order valence-corrected chi connectivity index (χ4v) is 8.41. The maximum absolute atomic E-state index is 13.5. The van der Waals surface area contributed by atoms with Crippen LogP contribution >= 0.6 is 15.9 Å². The molecule has 1 aromatic heterocycles. The lowest BCUT2D eigenvalue weighted by Gasteiger charge is -2.62. The first-order chi connectivity index (χ1) is 16.8. The molecule has 2 heterocycles. The van der Waals surface area contributed by atoms with E-state index < -0.39 is 0 Å². The molecule has 1 amide bonds. The van der Waals surface area contributed by atoms with Gasteiger partial charge >= 0.3 is 5.69 Å². The van der Waals surface area contributed by atoms with Gasteiger partial charge in [-0.3, -0.25) is 24.5 Å². The summed E-state index contributed by atoms with van der Waals surface area (Å²) in [7, 11) is 0. The Morgan fingerprint density at radius 1 is 1.11 bits per heavy atom. The van der Waals surface area contributed by atoms with Crippen molar-refractivity contribution < 1.29 is 9.72 Å². The van der Waals surface area contributed by atoms with Crippen LogP contribution in [0.1, 0.15) is 50.5 Å². The maximum Gasteiger partial charge on any atom is 0.307 e. The van der Waals surface area contributed by atoms with Crippen LogP contribution in [0.25, 0.3) is 0 Å². The van der Waals surface area contributed by atoms with Gasteiger partial charge in [0.2, 0.25) is 5.91 Å². The summed E-state index contributed by atoms with van der Waals surface area (Å²) in [6.45, 7) is 4.25. The van der Waals surface area contributed by atoms with Crippen LogP contribution in [0, 0.1) is 27.4 Å². The van der Waals surface area contributed by atoms with Crippen molar-refractivity contribution >= 4 is 27.5 Å². The van der Waals surface area contributed by atoms with Crippen molar-refractivity contribution in [3.63, 3.8) is 0 Å². The fourth-order valence-electron chi connectivity index (χ4n) is 8.00. The van der Waals surface area contributed by atoms with E-state index in [1.165, 1.54) is 18.2 Å². The van der Waals surface area contributed by atoms with E-state index in [1.54, 1.807) is 6.20 Å². The molecule has 1 aliphatic heterocycles. The Labute approximate surface area is 213 Å². The summed E-state index contributed by atoms with van der Waals surface area (Å²) in [5, 5.41) is 15.7. The lowest BCUT2D eigenvalue weighted by atomic mass is 9.46. The number of piperazine rings is 1. The number of nitrogens with zero attached hydrogens (tertiary/aromatic N) is 5. The molecular formula is C26H32BrN5O3. The molecular weight excluding hydrogens is 510 g/mol. The standard InChI is InChI=1S/C26H32BrN5O3/c27-23-4-2-1-3-21(23)16-29-5-7-30(8-6-29)24(33)14-25-10-19-9-20(11-25)13-26(12-19,18-25)31-17-22(15-28-31)32(34)35/h1-4,15,17,19-20H,5-14,16,18H2. The maximum atomic E-state index is 13.5. The van der Waals surface area contributed by atoms with Gasteiger partial charge in [0.25, 0.3) is 0 Å². The average Bonchev–Trinajstić information content (AvgIpc) is 3.32. The van der Waals surface area contributed by atoms with E-state index >= 15 is 0 Å². The van der Waals surface area contributed by atoms with Crippen LogP contribution in [0.15, 0.2) is 41.1 Å². The third-order valence-electron chi connectivity index (χ3n) is 9.02. The van der Waals surface area contributed by atoms with Crippen molar-refractivity contribution in [2.45, 2.75) is 57.0 Å². The van der Waals surface area contributed by atoms with Crippen LogP contribution in [-0.2, 0) is 16.9 Å². The number of rotatable bonds is 6. The summed E-state index contributed by atoms with van der Waals surface area (Å²) in [4.78, 5) is 28.9. The summed E-state index contributed by atoms with van der Waals surface area (Å²) in [5.74, 6) is 1.47. The summed E-state index contributed by atoms with van der Waals surface area (Å²) >= 11 is 3.64. The molecule has 1 saturated heterocycles. The molecule has 0 spiro atoms. The van der Waals surface area contributed by atoms with Crippen molar-refractivity contribution in [3.8, 4) is 0 Å². The molecule has 8 nitrogen and oxygen atoms in total. The Balaban J connectivity index is 1.12. The number of benzene rings is 1. The van der Waals surface area contributed by atoms with Gasteiger partial charge in [-0.05, 0) is 67.4 Å². The lowest BCUT2D eigenvalue weighted by Crippen LogP contribution is -2.58. The van der Waals surface area contributed by atoms with Gasteiger partial charge in [-0.1, -0.05) is 34.1 Å². The minimum absolute atomic E-state index is 0.00787. The molecule has 4 saturated carbocycles. The molecule has 4 aliphatic carbocycles. The van der Waals surface area contributed by atoms with Gasteiger partial charge in [-0.25, -0.2) is 0 Å². The van der Waals surface area contributed by atoms with Crippen LogP contribution in [0.3, 0.4) is 0 Å². The van der Waals surface area contributed by atoms with Gasteiger partial charge in [-0.2, -0.15) is 5.10 Å². The fraction of sp³-hybridized carbons (Fsp3) is 0.615. The van der Waals surface area contributed by atoms with E-state index in [0.29, 0.717) is 18.3 Å².